The fourth-order valence-electron chi connectivity index (χ4n) is 4.22. The summed E-state index contributed by atoms with van der Waals surface area (Å²) in [5.41, 5.74) is 3.18. The van der Waals surface area contributed by atoms with Crippen molar-refractivity contribution in [1.29, 1.82) is 0 Å². The second-order valence-electron chi connectivity index (χ2n) is 7.42. The molecule has 2 aromatic rings. The fourth-order valence-corrected chi connectivity index (χ4v) is 4.22. The van der Waals surface area contributed by atoms with Crippen LogP contribution >= 0.6 is 0 Å². The zero-order valence-corrected chi connectivity index (χ0v) is 16.2. The van der Waals surface area contributed by atoms with E-state index in [-0.39, 0.29) is 11.9 Å². The number of nitrogens with one attached hydrogen (secondary N) is 1. The van der Waals surface area contributed by atoms with Crippen molar-refractivity contribution in [2.45, 2.75) is 45.2 Å². The number of fused-ring (bicyclic) bond motifs is 1. The van der Waals surface area contributed by atoms with Crippen molar-refractivity contribution in [1.82, 2.24) is 19.8 Å². The van der Waals surface area contributed by atoms with Gasteiger partial charge in [-0.05, 0) is 56.6 Å². The largest absolute Gasteiger partial charge is 0.497 e. The first-order valence-electron chi connectivity index (χ1n) is 9.94. The minimum absolute atomic E-state index is 0.0260. The summed E-state index contributed by atoms with van der Waals surface area (Å²) in [5.74, 6) is 1.97. The zero-order chi connectivity index (χ0) is 18.8. The summed E-state index contributed by atoms with van der Waals surface area (Å²) >= 11 is 0. The number of nitrogens with zero attached hydrogens (tertiary/aromatic N) is 3. The quantitative estimate of drug-likeness (QED) is 0.882. The molecule has 2 aliphatic rings. The first kappa shape index (κ1) is 18.0. The number of methoxy groups -OCH3 is 1. The molecule has 3 heterocycles. The Morgan fingerprint density at radius 2 is 1.96 bits per heavy atom. The summed E-state index contributed by atoms with van der Waals surface area (Å²) in [5, 5.41) is 0. The molecule has 0 spiro atoms. The van der Waals surface area contributed by atoms with Crippen LogP contribution in [0.1, 0.15) is 37.6 Å². The van der Waals surface area contributed by atoms with Gasteiger partial charge in [-0.3, -0.25) is 9.69 Å². The Hall–Kier alpha value is -2.34. The molecule has 6 nitrogen and oxygen atoms in total. The van der Waals surface area contributed by atoms with Crippen LogP contribution in [0.5, 0.6) is 5.75 Å². The minimum atomic E-state index is 0.0260. The number of aromatic nitrogens is 2. The molecule has 1 fully saturated rings. The lowest BCUT2D eigenvalue weighted by Gasteiger charge is -2.33. The van der Waals surface area contributed by atoms with E-state index < -0.39 is 0 Å². The summed E-state index contributed by atoms with van der Waals surface area (Å²) in [6.07, 6.45) is 4.10. The molecular formula is C21H28N4O2. The van der Waals surface area contributed by atoms with E-state index in [1.165, 1.54) is 12.8 Å². The Labute approximate surface area is 160 Å². The van der Waals surface area contributed by atoms with E-state index in [9.17, 15) is 4.79 Å². The molecule has 1 aromatic carbocycles. The third kappa shape index (κ3) is 3.58. The number of benzene rings is 1. The average Bonchev–Trinajstić information content (AvgIpc) is 3.38. The van der Waals surface area contributed by atoms with Crippen LogP contribution in [0.15, 0.2) is 24.3 Å². The number of ether oxygens (including phenoxy) is 1. The lowest BCUT2D eigenvalue weighted by Crippen LogP contribution is -2.48. The molecule has 0 unspecified atom stereocenters. The Kier molecular flexibility index (Phi) is 5.16. The summed E-state index contributed by atoms with van der Waals surface area (Å²) in [7, 11) is 1.66. The molecule has 0 radical (unpaired) electrons. The first-order chi connectivity index (χ1) is 13.2. The van der Waals surface area contributed by atoms with Crippen LogP contribution in [0.4, 0.5) is 0 Å². The molecule has 1 amide bonds. The number of likely N-dealkylation sites (tertiary alicyclic amines) is 1. The molecule has 1 atom stereocenters. The molecule has 144 valence electrons. The van der Waals surface area contributed by atoms with Crippen molar-refractivity contribution >= 4 is 5.91 Å². The third-order valence-electron chi connectivity index (χ3n) is 5.76. The standard InChI is InChI=1S/C21H28N4O2/c1-3-19(24-11-4-5-12-24)21(26)25-13-10-17-18(14-25)23-20(22-17)15-6-8-16(27-2)9-7-15/h6-9,19H,3-5,10-14H2,1-2H3,(H,22,23)/t19-/m1/s1. The van der Waals surface area contributed by atoms with Gasteiger partial charge in [-0.1, -0.05) is 6.92 Å². The van der Waals surface area contributed by atoms with E-state index >= 15 is 0 Å². The number of hydrogen-bond donors (Lipinski definition) is 1. The highest BCUT2D eigenvalue weighted by Gasteiger charge is 2.32. The van der Waals surface area contributed by atoms with Gasteiger partial charge in [-0.15, -0.1) is 0 Å². The van der Waals surface area contributed by atoms with Gasteiger partial charge in [0, 0.05) is 18.5 Å². The molecular weight excluding hydrogens is 340 g/mol. The summed E-state index contributed by atoms with van der Waals surface area (Å²) < 4.78 is 5.22. The van der Waals surface area contributed by atoms with Gasteiger partial charge < -0.3 is 14.6 Å². The Balaban J connectivity index is 1.49. The van der Waals surface area contributed by atoms with Crippen molar-refractivity contribution in [3.63, 3.8) is 0 Å². The fraction of sp³-hybridized carbons (Fsp3) is 0.524. The highest BCUT2D eigenvalue weighted by Crippen LogP contribution is 2.26. The van der Waals surface area contributed by atoms with Gasteiger partial charge in [0.05, 0.1) is 31.1 Å². The first-order valence-corrected chi connectivity index (χ1v) is 9.94. The molecule has 1 N–H and O–H groups in total. The van der Waals surface area contributed by atoms with Gasteiger partial charge in [0.15, 0.2) is 0 Å². The summed E-state index contributed by atoms with van der Waals surface area (Å²) in [6.45, 7) is 5.60. The van der Waals surface area contributed by atoms with Gasteiger partial charge in [0.1, 0.15) is 11.6 Å². The molecule has 0 bridgehead atoms. The highest BCUT2D eigenvalue weighted by atomic mass is 16.5. The summed E-state index contributed by atoms with van der Waals surface area (Å²) in [6, 6.07) is 7.92. The second kappa shape index (κ2) is 7.72. The number of carbonyl (C=O) groups excluding carboxylic acids is 1. The number of aromatic amines is 1. The van der Waals surface area contributed by atoms with Crippen molar-refractivity contribution in [2.24, 2.45) is 0 Å². The van der Waals surface area contributed by atoms with Crippen LogP contribution in [0.3, 0.4) is 0 Å². The van der Waals surface area contributed by atoms with E-state index in [2.05, 4.69) is 16.8 Å². The zero-order valence-electron chi connectivity index (χ0n) is 16.2. The second-order valence-corrected chi connectivity index (χ2v) is 7.42. The average molecular weight is 368 g/mol. The normalized spacial score (nSPS) is 18.4. The molecule has 1 aromatic heterocycles. The smallest absolute Gasteiger partial charge is 0.240 e. The van der Waals surface area contributed by atoms with Gasteiger partial charge in [0.25, 0.3) is 0 Å². The molecule has 0 aliphatic carbocycles. The summed E-state index contributed by atoms with van der Waals surface area (Å²) in [4.78, 5) is 25.7. The number of hydrogen-bond acceptors (Lipinski definition) is 4. The number of H-pyrrole nitrogens is 1. The van der Waals surface area contributed by atoms with E-state index in [4.69, 9.17) is 9.72 Å². The highest BCUT2D eigenvalue weighted by molar-refractivity contribution is 5.82. The van der Waals surface area contributed by atoms with Crippen molar-refractivity contribution in [3.8, 4) is 17.1 Å². The van der Waals surface area contributed by atoms with Gasteiger partial charge in [0.2, 0.25) is 5.91 Å². The molecule has 1 saturated heterocycles. The number of amides is 1. The van der Waals surface area contributed by atoms with E-state index in [1.54, 1.807) is 7.11 Å². The van der Waals surface area contributed by atoms with Crippen LogP contribution in [0, 0.1) is 0 Å². The predicted molar refractivity (Wildman–Crippen MR) is 105 cm³/mol. The van der Waals surface area contributed by atoms with Gasteiger partial charge >= 0.3 is 0 Å². The Morgan fingerprint density at radius 1 is 1.22 bits per heavy atom. The SMILES string of the molecule is CC[C@H](C(=O)N1CCc2nc(-c3ccc(OC)cc3)[nH]c2C1)N1CCCC1. The van der Waals surface area contributed by atoms with Crippen molar-refractivity contribution in [3.05, 3.63) is 35.7 Å². The van der Waals surface area contributed by atoms with Gasteiger partial charge in [-0.25, -0.2) is 4.98 Å². The van der Waals surface area contributed by atoms with Crippen molar-refractivity contribution in [2.75, 3.05) is 26.7 Å². The van der Waals surface area contributed by atoms with Crippen LogP contribution in [0.2, 0.25) is 0 Å². The maximum atomic E-state index is 13.1. The lowest BCUT2D eigenvalue weighted by molar-refractivity contribution is -0.137. The Morgan fingerprint density at radius 3 is 2.63 bits per heavy atom. The number of carbonyl (C=O) groups is 1. The maximum Gasteiger partial charge on any atom is 0.240 e. The van der Waals surface area contributed by atoms with Crippen molar-refractivity contribution < 1.29 is 9.53 Å². The molecule has 0 saturated carbocycles. The molecule has 27 heavy (non-hydrogen) atoms. The van der Waals surface area contributed by atoms with Crippen LogP contribution in [-0.2, 0) is 17.8 Å². The van der Waals surface area contributed by atoms with E-state index in [0.29, 0.717) is 6.54 Å². The molecule has 2 aliphatic heterocycles. The molecule has 6 heteroatoms. The number of rotatable bonds is 5. The maximum absolute atomic E-state index is 13.1. The Bertz CT molecular complexity index is 793. The predicted octanol–water partition coefficient (Wildman–Crippen LogP) is 2.84. The topological polar surface area (TPSA) is 61.5 Å². The monoisotopic (exact) mass is 368 g/mol. The third-order valence-corrected chi connectivity index (χ3v) is 5.76. The van der Waals surface area contributed by atoms with Crippen LogP contribution in [0.25, 0.3) is 11.4 Å². The lowest BCUT2D eigenvalue weighted by atomic mass is 10.1. The minimum Gasteiger partial charge on any atom is -0.497 e. The van der Waals surface area contributed by atoms with Gasteiger partial charge in [-0.2, -0.15) is 0 Å². The number of imidazole rings is 1. The van der Waals surface area contributed by atoms with E-state index in [0.717, 1.165) is 61.0 Å². The van der Waals surface area contributed by atoms with Crippen LogP contribution in [-0.4, -0.2) is 58.5 Å². The van der Waals surface area contributed by atoms with E-state index in [1.807, 2.05) is 29.2 Å². The molecule has 4 rings (SSSR count). The van der Waals surface area contributed by atoms with Crippen LogP contribution < -0.4 is 4.74 Å².